The fraction of sp³-hybridized carbons (Fsp3) is 0.615. The molecule has 3 N–H and O–H groups in total. The van der Waals surface area contributed by atoms with Crippen molar-refractivity contribution in [3.8, 4) is 0 Å². The Hall–Kier alpha value is -1.29. The molecule has 0 saturated heterocycles. The number of aromatic nitrogens is 1. The molecule has 0 atom stereocenters. The van der Waals surface area contributed by atoms with Crippen LogP contribution in [0.1, 0.15) is 38.1 Å². The van der Waals surface area contributed by atoms with Gasteiger partial charge in [0.1, 0.15) is 0 Å². The Kier molecular flexibility index (Phi) is 4.34. The first-order chi connectivity index (χ1) is 7.94. The van der Waals surface area contributed by atoms with Gasteiger partial charge < -0.3 is 15.6 Å². The second kappa shape index (κ2) is 5.36. The molecule has 0 spiro atoms. The number of hydrogen-bond donors (Lipinski definition) is 2. The van der Waals surface area contributed by atoms with Crippen LogP contribution in [0.15, 0.2) is 12.1 Å². The summed E-state index contributed by atoms with van der Waals surface area (Å²) < 4.78 is 2.07. The van der Waals surface area contributed by atoms with E-state index < -0.39 is 5.54 Å². The number of amides is 1. The Balaban J connectivity index is 2.63. The third-order valence-electron chi connectivity index (χ3n) is 3.62. The van der Waals surface area contributed by atoms with E-state index in [9.17, 15) is 4.79 Å². The summed E-state index contributed by atoms with van der Waals surface area (Å²) >= 11 is 0. The van der Waals surface area contributed by atoms with Crippen LogP contribution in [0, 0.1) is 6.92 Å². The molecule has 0 radical (unpaired) electrons. The highest BCUT2D eigenvalue weighted by molar-refractivity contribution is 5.85. The molecule has 17 heavy (non-hydrogen) atoms. The van der Waals surface area contributed by atoms with Gasteiger partial charge in [-0.3, -0.25) is 4.79 Å². The summed E-state index contributed by atoms with van der Waals surface area (Å²) in [5.74, 6) is -0.0682. The van der Waals surface area contributed by atoms with E-state index in [1.807, 2.05) is 40.0 Å². The van der Waals surface area contributed by atoms with E-state index in [1.54, 1.807) is 0 Å². The van der Waals surface area contributed by atoms with Crippen LogP contribution in [-0.2, 0) is 18.4 Å². The standard InChI is InChI=1S/C13H23N3O/c1-5-13(14,6-2)12(17)15-9-11-8-7-10(3)16(11)4/h7-8H,5-6,9,14H2,1-4H3,(H,15,17). The lowest BCUT2D eigenvalue weighted by Gasteiger charge is -2.25. The van der Waals surface area contributed by atoms with Crippen LogP contribution in [0.2, 0.25) is 0 Å². The van der Waals surface area contributed by atoms with Gasteiger partial charge in [0.25, 0.3) is 0 Å². The lowest BCUT2D eigenvalue weighted by Crippen LogP contribution is -2.52. The van der Waals surface area contributed by atoms with Crippen molar-refractivity contribution in [2.75, 3.05) is 0 Å². The number of rotatable bonds is 5. The third-order valence-corrected chi connectivity index (χ3v) is 3.62. The van der Waals surface area contributed by atoms with E-state index >= 15 is 0 Å². The van der Waals surface area contributed by atoms with E-state index in [-0.39, 0.29) is 5.91 Å². The van der Waals surface area contributed by atoms with Gasteiger partial charge in [-0.25, -0.2) is 0 Å². The third kappa shape index (κ3) is 2.88. The zero-order chi connectivity index (χ0) is 13.1. The smallest absolute Gasteiger partial charge is 0.240 e. The van der Waals surface area contributed by atoms with Gasteiger partial charge in [0.15, 0.2) is 0 Å². The van der Waals surface area contributed by atoms with Crippen molar-refractivity contribution in [3.63, 3.8) is 0 Å². The summed E-state index contributed by atoms with van der Waals surface area (Å²) in [6.07, 6.45) is 1.31. The Labute approximate surface area is 103 Å². The molecular formula is C13H23N3O. The molecule has 0 unspecified atom stereocenters. The van der Waals surface area contributed by atoms with Gasteiger partial charge in [0, 0.05) is 18.4 Å². The lowest BCUT2D eigenvalue weighted by atomic mass is 9.93. The highest BCUT2D eigenvalue weighted by Gasteiger charge is 2.29. The maximum absolute atomic E-state index is 12.0. The van der Waals surface area contributed by atoms with Crippen molar-refractivity contribution < 1.29 is 4.79 Å². The van der Waals surface area contributed by atoms with Crippen molar-refractivity contribution in [2.45, 2.75) is 45.7 Å². The van der Waals surface area contributed by atoms with Crippen LogP contribution >= 0.6 is 0 Å². The highest BCUT2D eigenvalue weighted by atomic mass is 16.2. The van der Waals surface area contributed by atoms with Gasteiger partial charge in [0.2, 0.25) is 5.91 Å². The zero-order valence-electron chi connectivity index (χ0n) is 11.2. The van der Waals surface area contributed by atoms with Crippen LogP contribution in [0.5, 0.6) is 0 Å². The summed E-state index contributed by atoms with van der Waals surface area (Å²) in [4.78, 5) is 12.0. The Morgan fingerprint density at radius 1 is 1.41 bits per heavy atom. The van der Waals surface area contributed by atoms with E-state index in [0.29, 0.717) is 19.4 Å². The number of nitrogens with two attached hydrogens (primary N) is 1. The van der Waals surface area contributed by atoms with E-state index in [1.165, 1.54) is 5.69 Å². The molecule has 0 fully saturated rings. The fourth-order valence-electron chi connectivity index (χ4n) is 1.76. The predicted molar refractivity (Wildman–Crippen MR) is 69.5 cm³/mol. The van der Waals surface area contributed by atoms with Gasteiger partial charge in [-0.15, -0.1) is 0 Å². The largest absolute Gasteiger partial charge is 0.350 e. The maximum Gasteiger partial charge on any atom is 0.240 e. The molecule has 0 bridgehead atoms. The number of nitrogens with one attached hydrogen (secondary N) is 1. The van der Waals surface area contributed by atoms with E-state index in [4.69, 9.17) is 5.73 Å². The maximum atomic E-state index is 12.0. The minimum absolute atomic E-state index is 0.0682. The normalized spacial score (nSPS) is 11.6. The molecule has 0 aliphatic carbocycles. The number of hydrogen-bond acceptors (Lipinski definition) is 2. The molecule has 1 amide bonds. The van der Waals surface area contributed by atoms with Crippen LogP contribution in [-0.4, -0.2) is 16.0 Å². The molecule has 96 valence electrons. The average molecular weight is 237 g/mol. The topological polar surface area (TPSA) is 60.1 Å². The second-order valence-corrected chi connectivity index (χ2v) is 4.57. The average Bonchev–Trinajstić information content (AvgIpc) is 2.66. The molecule has 1 rings (SSSR count). The molecule has 0 aliphatic heterocycles. The first kappa shape index (κ1) is 13.8. The Morgan fingerprint density at radius 3 is 2.41 bits per heavy atom. The predicted octanol–water partition coefficient (Wildman–Crippen LogP) is 1.47. The van der Waals surface area contributed by atoms with Crippen LogP contribution in [0.3, 0.4) is 0 Å². The summed E-state index contributed by atoms with van der Waals surface area (Å²) in [6.45, 7) is 6.45. The molecule has 0 aromatic carbocycles. The van der Waals surface area contributed by atoms with Gasteiger partial charge in [-0.05, 0) is 31.9 Å². The molecule has 0 aliphatic rings. The summed E-state index contributed by atoms with van der Waals surface area (Å²) in [7, 11) is 1.99. The van der Waals surface area contributed by atoms with Crippen LogP contribution in [0.25, 0.3) is 0 Å². The fourth-order valence-corrected chi connectivity index (χ4v) is 1.76. The number of aryl methyl sites for hydroxylation is 1. The Bertz CT molecular complexity index is 391. The second-order valence-electron chi connectivity index (χ2n) is 4.57. The molecule has 1 aromatic rings. The zero-order valence-corrected chi connectivity index (χ0v) is 11.2. The molecular weight excluding hydrogens is 214 g/mol. The van der Waals surface area contributed by atoms with Crippen molar-refractivity contribution in [1.29, 1.82) is 0 Å². The highest BCUT2D eigenvalue weighted by Crippen LogP contribution is 2.12. The van der Waals surface area contributed by atoms with Gasteiger partial charge in [0.05, 0.1) is 12.1 Å². The van der Waals surface area contributed by atoms with Crippen molar-refractivity contribution in [1.82, 2.24) is 9.88 Å². The quantitative estimate of drug-likeness (QED) is 0.814. The van der Waals surface area contributed by atoms with Crippen molar-refractivity contribution in [3.05, 3.63) is 23.5 Å². The SMILES string of the molecule is CCC(N)(CC)C(=O)NCc1ccc(C)n1C. The van der Waals surface area contributed by atoms with Crippen LogP contribution in [0.4, 0.5) is 0 Å². The molecule has 4 nitrogen and oxygen atoms in total. The van der Waals surface area contributed by atoms with Crippen LogP contribution < -0.4 is 11.1 Å². The van der Waals surface area contributed by atoms with Gasteiger partial charge >= 0.3 is 0 Å². The minimum Gasteiger partial charge on any atom is -0.350 e. The molecule has 0 saturated carbocycles. The van der Waals surface area contributed by atoms with E-state index in [2.05, 4.69) is 9.88 Å². The lowest BCUT2D eigenvalue weighted by molar-refractivity contribution is -0.126. The number of carbonyl (C=O) groups excluding carboxylic acids is 1. The Morgan fingerprint density at radius 2 is 2.00 bits per heavy atom. The first-order valence-electron chi connectivity index (χ1n) is 6.13. The van der Waals surface area contributed by atoms with Crippen molar-refractivity contribution in [2.24, 2.45) is 12.8 Å². The molecule has 1 heterocycles. The summed E-state index contributed by atoms with van der Waals surface area (Å²) in [5, 5.41) is 2.91. The molecule has 4 heteroatoms. The van der Waals surface area contributed by atoms with Crippen molar-refractivity contribution >= 4 is 5.91 Å². The van der Waals surface area contributed by atoms with Gasteiger partial charge in [-0.2, -0.15) is 0 Å². The first-order valence-corrected chi connectivity index (χ1v) is 6.13. The number of carbonyl (C=O) groups is 1. The minimum atomic E-state index is -0.736. The molecule has 1 aromatic heterocycles. The number of nitrogens with zero attached hydrogens (tertiary/aromatic N) is 1. The summed E-state index contributed by atoms with van der Waals surface area (Å²) in [5.41, 5.74) is 7.56. The van der Waals surface area contributed by atoms with Gasteiger partial charge in [-0.1, -0.05) is 13.8 Å². The van der Waals surface area contributed by atoms with E-state index in [0.717, 1.165) is 5.69 Å². The monoisotopic (exact) mass is 237 g/mol. The summed E-state index contributed by atoms with van der Waals surface area (Å²) in [6, 6.07) is 4.06.